The quantitative estimate of drug-likeness (QED) is 0.879. The number of halogens is 1. The Morgan fingerprint density at radius 2 is 2.12 bits per heavy atom. The third kappa shape index (κ3) is 3.51. The van der Waals surface area contributed by atoms with Crippen LogP contribution in [0, 0.1) is 6.92 Å². The van der Waals surface area contributed by atoms with Gasteiger partial charge in [-0.05, 0) is 26.0 Å². The van der Waals surface area contributed by atoms with Gasteiger partial charge in [-0.3, -0.25) is 4.79 Å². The minimum absolute atomic E-state index is 0. The average Bonchev–Trinajstić information content (AvgIpc) is 2.26. The molecule has 0 bridgehead atoms. The highest BCUT2D eigenvalue weighted by Gasteiger charge is 2.15. The molecule has 0 heterocycles. The molecule has 0 radical (unpaired) electrons. The SMILES string of the molecule is Cc1cccc(C(=O)N(C)C(C)CN)c1.Cl. The predicted octanol–water partition coefficient (Wildman–Crippen LogP) is 1.84. The van der Waals surface area contributed by atoms with Gasteiger partial charge in [0.25, 0.3) is 5.91 Å². The van der Waals surface area contributed by atoms with Crippen LogP contribution in [0.2, 0.25) is 0 Å². The maximum atomic E-state index is 12.0. The molecule has 0 aromatic heterocycles. The molecule has 3 nitrogen and oxygen atoms in total. The van der Waals surface area contributed by atoms with Gasteiger partial charge in [0.1, 0.15) is 0 Å². The summed E-state index contributed by atoms with van der Waals surface area (Å²) in [7, 11) is 1.78. The number of aryl methyl sites for hydroxylation is 1. The van der Waals surface area contributed by atoms with Crippen LogP contribution in [0.25, 0.3) is 0 Å². The number of nitrogens with zero attached hydrogens (tertiary/aromatic N) is 1. The molecule has 1 unspecified atom stereocenters. The number of rotatable bonds is 3. The van der Waals surface area contributed by atoms with Crippen molar-refractivity contribution >= 4 is 18.3 Å². The van der Waals surface area contributed by atoms with Crippen molar-refractivity contribution in [2.75, 3.05) is 13.6 Å². The first-order valence-corrected chi connectivity index (χ1v) is 5.10. The van der Waals surface area contributed by atoms with Crippen molar-refractivity contribution in [3.63, 3.8) is 0 Å². The van der Waals surface area contributed by atoms with Crippen molar-refractivity contribution < 1.29 is 4.79 Å². The highest BCUT2D eigenvalue weighted by Crippen LogP contribution is 2.08. The molecule has 0 aliphatic heterocycles. The van der Waals surface area contributed by atoms with Crippen LogP contribution in [-0.2, 0) is 0 Å². The Balaban J connectivity index is 0.00000225. The third-order valence-electron chi connectivity index (χ3n) is 2.59. The molecule has 0 saturated heterocycles. The summed E-state index contributed by atoms with van der Waals surface area (Å²) in [4.78, 5) is 13.6. The normalized spacial score (nSPS) is 11.5. The van der Waals surface area contributed by atoms with Gasteiger partial charge in [-0.15, -0.1) is 12.4 Å². The van der Waals surface area contributed by atoms with Gasteiger partial charge in [-0.25, -0.2) is 0 Å². The molecule has 1 atom stereocenters. The van der Waals surface area contributed by atoms with Gasteiger partial charge in [0.2, 0.25) is 0 Å². The lowest BCUT2D eigenvalue weighted by Crippen LogP contribution is -2.39. The van der Waals surface area contributed by atoms with E-state index >= 15 is 0 Å². The van der Waals surface area contributed by atoms with E-state index in [1.165, 1.54) is 0 Å². The second kappa shape index (κ2) is 6.51. The largest absolute Gasteiger partial charge is 0.338 e. The number of nitrogens with two attached hydrogens (primary N) is 1. The van der Waals surface area contributed by atoms with E-state index < -0.39 is 0 Å². The van der Waals surface area contributed by atoms with Crippen molar-refractivity contribution in [2.24, 2.45) is 5.73 Å². The molecule has 1 aromatic rings. The minimum atomic E-state index is 0. The molecule has 16 heavy (non-hydrogen) atoms. The zero-order valence-electron chi connectivity index (χ0n) is 9.93. The molecule has 0 saturated carbocycles. The summed E-state index contributed by atoms with van der Waals surface area (Å²) in [5.74, 6) is 0.0247. The zero-order chi connectivity index (χ0) is 11.4. The van der Waals surface area contributed by atoms with Gasteiger partial charge in [0, 0.05) is 25.2 Å². The van der Waals surface area contributed by atoms with Gasteiger partial charge in [0.05, 0.1) is 0 Å². The van der Waals surface area contributed by atoms with Crippen molar-refractivity contribution in [1.82, 2.24) is 4.90 Å². The number of likely N-dealkylation sites (N-methyl/N-ethyl adjacent to an activating group) is 1. The lowest BCUT2D eigenvalue weighted by atomic mass is 10.1. The van der Waals surface area contributed by atoms with Crippen LogP contribution >= 0.6 is 12.4 Å². The maximum Gasteiger partial charge on any atom is 0.253 e. The van der Waals surface area contributed by atoms with E-state index in [0.717, 1.165) is 11.1 Å². The Morgan fingerprint density at radius 3 is 2.62 bits per heavy atom. The molecule has 1 rings (SSSR count). The number of amides is 1. The Labute approximate surface area is 103 Å². The maximum absolute atomic E-state index is 12.0. The highest BCUT2D eigenvalue weighted by molar-refractivity contribution is 5.94. The monoisotopic (exact) mass is 242 g/mol. The van der Waals surface area contributed by atoms with Crippen molar-refractivity contribution in [3.05, 3.63) is 35.4 Å². The van der Waals surface area contributed by atoms with Crippen molar-refractivity contribution in [1.29, 1.82) is 0 Å². The van der Waals surface area contributed by atoms with E-state index in [1.807, 2.05) is 38.1 Å². The Morgan fingerprint density at radius 1 is 1.50 bits per heavy atom. The first-order chi connectivity index (χ1) is 7.06. The predicted molar refractivity (Wildman–Crippen MR) is 69.0 cm³/mol. The van der Waals surface area contributed by atoms with Crippen LogP contribution in [0.3, 0.4) is 0 Å². The molecule has 0 aliphatic carbocycles. The van der Waals surface area contributed by atoms with Crippen LogP contribution in [0.4, 0.5) is 0 Å². The summed E-state index contributed by atoms with van der Waals surface area (Å²) in [5, 5.41) is 0. The second-order valence-corrected chi connectivity index (χ2v) is 3.87. The molecule has 1 amide bonds. The van der Waals surface area contributed by atoms with E-state index in [9.17, 15) is 4.79 Å². The first-order valence-electron chi connectivity index (χ1n) is 5.10. The van der Waals surface area contributed by atoms with Crippen LogP contribution in [0.5, 0.6) is 0 Å². The molecule has 90 valence electrons. The van der Waals surface area contributed by atoms with Crippen LogP contribution in [0.15, 0.2) is 24.3 Å². The van der Waals surface area contributed by atoms with E-state index in [-0.39, 0.29) is 24.4 Å². The van der Waals surface area contributed by atoms with Gasteiger partial charge < -0.3 is 10.6 Å². The Hall–Kier alpha value is -1.06. The van der Waals surface area contributed by atoms with Gasteiger partial charge in [-0.2, -0.15) is 0 Å². The fourth-order valence-corrected chi connectivity index (χ4v) is 1.34. The molecule has 0 spiro atoms. The van der Waals surface area contributed by atoms with Crippen molar-refractivity contribution in [2.45, 2.75) is 19.9 Å². The number of carbonyl (C=O) groups excluding carboxylic acids is 1. The second-order valence-electron chi connectivity index (χ2n) is 3.87. The standard InChI is InChI=1S/C12H18N2O.ClH/c1-9-5-4-6-11(7-9)12(15)14(3)10(2)8-13;/h4-7,10H,8,13H2,1-3H3;1H. The number of benzene rings is 1. The fourth-order valence-electron chi connectivity index (χ4n) is 1.34. The average molecular weight is 243 g/mol. The minimum Gasteiger partial charge on any atom is -0.338 e. The summed E-state index contributed by atoms with van der Waals surface area (Å²) < 4.78 is 0. The van der Waals surface area contributed by atoms with Gasteiger partial charge in [0.15, 0.2) is 0 Å². The molecule has 4 heteroatoms. The van der Waals surface area contributed by atoms with E-state index in [4.69, 9.17) is 5.73 Å². The number of carbonyl (C=O) groups is 1. The Kier molecular flexibility index (Phi) is 6.08. The topological polar surface area (TPSA) is 46.3 Å². The van der Waals surface area contributed by atoms with Crippen LogP contribution in [-0.4, -0.2) is 30.4 Å². The molecular weight excluding hydrogens is 224 g/mol. The lowest BCUT2D eigenvalue weighted by molar-refractivity contribution is 0.0748. The molecule has 0 aliphatic rings. The van der Waals surface area contributed by atoms with E-state index in [0.29, 0.717) is 6.54 Å². The fraction of sp³-hybridized carbons (Fsp3) is 0.417. The van der Waals surface area contributed by atoms with Crippen LogP contribution < -0.4 is 5.73 Å². The lowest BCUT2D eigenvalue weighted by Gasteiger charge is -2.23. The first kappa shape index (κ1) is 14.9. The van der Waals surface area contributed by atoms with Gasteiger partial charge >= 0.3 is 0 Å². The summed E-state index contributed by atoms with van der Waals surface area (Å²) in [6.45, 7) is 4.39. The van der Waals surface area contributed by atoms with E-state index in [2.05, 4.69) is 0 Å². The number of hydrogen-bond donors (Lipinski definition) is 1. The third-order valence-corrected chi connectivity index (χ3v) is 2.59. The molecule has 1 aromatic carbocycles. The number of hydrogen-bond acceptors (Lipinski definition) is 2. The zero-order valence-corrected chi connectivity index (χ0v) is 10.8. The summed E-state index contributed by atoms with van der Waals surface area (Å²) >= 11 is 0. The van der Waals surface area contributed by atoms with E-state index in [1.54, 1.807) is 11.9 Å². The molecular formula is C12H19ClN2O. The summed E-state index contributed by atoms with van der Waals surface area (Å²) in [5.41, 5.74) is 7.34. The molecule has 0 fully saturated rings. The molecule has 2 N–H and O–H groups in total. The van der Waals surface area contributed by atoms with Crippen LogP contribution in [0.1, 0.15) is 22.8 Å². The Bertz CT molecular complexity index is 355. The van der Waals surface area contributed by atoms with Gasteiger partial charge in [-0.1, -0.05) is 17.7 Å². The summed E-state index contributed by atoms with van der Waals surface area (Å²) in [6.07, 6.45) is 0. The highest BCUT2D eigenvalue weighted by atomic mass is 35.5. The van der Waals surface area contributed by atoms with Crippen molar-refractivity contribution in [3.8, 4) is 0 Å². The summed E-state index contributed by atoms with van der Waals surface area (Å²) in [6, 6.07) is 7.65. The smallest absolute Gasteiger partial charge is 0.253 e.